The molecule has 1 aliphatic rings. The van der Waals surface area contributed by atoms with E-state index >= 15 is 0 Å². The van der Waals surface area contributed by atoms with Crippen molar-refractivity contribution in [2.75, 3.05) is 12.0 Å². The number of aryl methyl sites for hydroxylation is 2. The number of fused-ring (bicyclic) bond motifs is 3. The van der Waals surface area contributed by atoms with E-state index in [0.717, 1.165) is 50.3 Å². The van der Waals surface area contributed by atoms with Gasteiger partial charge in [0, 0.05) is 35.3 Å². The molecule has 7 heteroatoms. The Morgan fingerprint density at radius 3 is 2.38 bits per heavy atom. The zero-order valence-corrected chi connectivity index (χ0v) is 22.2. The molecule has 0 bridgehead atoms. The summed E-state index contributed by atoms with van der Waals surface area (Å²) in [4.78, 5) is 19.5. The summed E-state index contributed by atoms with van der Waals surface area (Å²) in [7, 11) is 1.67. The number of rotatable bonds is 4. The molecule has 0 radical (unpaired) electrons. The van der Waals surface area contributed by atoms with Crippen molar-refractivity contribution in [1.29, 1.82) is 0 Å². The highest BCUT2D eigenvalue weighted by molar-refractivity contribution is 5.99. The van der Waals surface area contributed by atoms with Crippen molar-refractivity contribution in [3.63, 3.8) is 0 Å². The predicted molar refractivity (Wildman–Crippen MR) is 145 cm³/mol. The highest BCUT2D eigenvalue weighted by Crippen LogP contribution is 2.46. The third kappa shape index (κ3) is 4.81. The lowest BCUT2D eigenvalue weighted by molar-refractivity contribution is 0.0577. The topological polar surface area (TPSA) is 69.5 Å². The van der Waals surface area contributed by atoms with E-state index in [1.165, 1.54) is 0 Å². The Hall–Kier alpha value is -4.13. The van der Waals surface area contributed by atoms with Gasteiger partial charge in [-0.1, -0.05) is 30.3 Å². The second-order valence-corrected chi connectivity index (χ2v) is 10.5. The second kappa shape index (κ2) is 9.39. The molecule has 0 aliphatic carbocycles. The van der Waals surface area contributed by atoms with Crippen LogP contribution in [0.3, 0.4) is 0 Å². The van der Waals surface area contributed by atoms with Gasteiger partial charge in [-0.3, -0.25) is 14.6 Å². The number of hydrogen-bond donors (Lipinski definition) is 0. The molecule has 4 aromatic rings. The van der Waals surface area contributed by atoms with Gasteiger partial charge in [-0.25, -0.2) is 4.79 Å². The van der Waals surface area contributed by atoms with Crippen LogP contribution in [0.15, 0.2) is 61.1 Å². The first-order valence-electron chi connectivity index (χ1n) is 12.4. The number of amides is 1. The molecule has 0 saturated heterocycles. The highest BCUT2D eigenvalue weighted by atomic mass is 16.6. The molecule has 0 atom stereocenters. The average molecular weight is 497 g/mol. The number of ether oxygens (including phenoxy) is 2. The summed E-state index contributed by atoms with van der Waals surface area (Å²) in [5, 5.41) is 4.94. The zero-order valence-electron chi connectivity index (χ0n) is 22.2. The maximum Gasteiger partial charge on any atom is 0.415 e. The van der Waals surface area contributed by atoms with E-state index in [1.807, 2.05) is 88.2 Å². The van der Waals surface area contributed by atoms with Crippen molar-refractivity contribution < 1.29 is 14.3 Å². The van der Waals surface area contributed by atoms with Crippen LogP contribution in [0.2, 0.25) is 0 Å². The number of carbonyl (C=O) groups excluding carboxylic acids is 1. The fourth-order valence-electron chi connectivity index (χ4n) is 4.86. The van der Waals surface area contributed by atoms with Gasteiger partial charge >= 0.3 is 6.09 Å². The van der Waals surface area contributed by atoms with Gasteiger partial charge in [0.2, 0.25) is 0 Å². The summed E-state index contributed by atoms with van der Waals surface area (Å²) in [5.74, 6) is 0.714. The van der Waals surface area contributed by atoms with Crippen molar-refractivity contribution in [3.8, 4) is 28.1 Å². The third-order valence-electron chi connectivity index (χ3n) is 6.43. The number of aromatic nitrogens is 3. The van der Waals surface area contributed by atoms with Crippen molar-refractivity contribution >= 4 is 11.8 Å². The van der Waals surface area contributed by atoms with E-state index < -0.39 is 11.7 Å². The van der Waals surface area contributed by atoms with Crippen LogP contribution in [0.4, 0.5) is 10.5 Å². The predicted octanol–water partition coefficient (Wildman–Crippen LogP) is 6.54. The van der Waals surface area contributed by atoms with E-state index in [0.29, 0.717) is 18.8 Å². The SMILES string of the molecule is COc1cc2c(cc1-c1c(C)cncc1C)N(C(=O)OC(C)(C)C)Cc1cn(Cc3ccccc3)nc1-2. The van der Waals surface area contributed by atoms with E-state index in [1.54, 1.807) is 12.0 Å². The third-order valence-corrected chi connectivity index (χ3v) is 6.43. The largest absolute Gasteiger partial charge is 0.496 e. The lowest BCUT2D eigenvalue weighted by Crippen LogP contribution is -2.38. The number of hydrogen-bond acceptors (Lipinski definition) is 5. The Morgan fingerprint density at radius 2 is 1.73 bits per heavy atom. The first kappa shape index (κ1) is 24.6. The minimum absolute atomic E-state index is 0.367. The van der Waals surface area contributed by atoms with Gasteiger partial charge in [-0.15, -0.1) is 0 Å². The molecular formula is C30H32N4O3. The van der Waals surface area contributed by atoms with E-state index in [9.17, 15) is 4.79 Å². The van der Waals surface area contributed by atoms with Crippen LogP contribution in [0, 0.1) is 13.8 Å². The molecule has 37 heavy (non-hydrogen) atoms. The van der Waals surface area contributed by atoms with E-state index in [4.69, 9.17) is 14.6 Å². The highest BCUT2D eigenvalue weighted by Gasteiger charge is 2.33. The number of pyridine rings is 1. The zero-order chi connectivity index (χ0) is 26.3. The van der Waals surface area contributed by atoms with Gasteiger partial charge < -0.3 is 9.47 Å². The van der Waals surface area contributed by atoms with E-state index in [2.05, 4.69) is 17.1 Å². The normalized spacial score (nSPS) is 12.6. The van der Waals surface area contributed by atoms with Gasteiger partial charge in [-0.2, -0.15) is 5.10 Å². The minimum atomic E-state index is -0.622. The van der Waals surface area contributed by atoms with Crippen LogP contribution >= 0.6 is 0 Å². The summed E-state index contributed by atoms with van der Waals surface area (Å²) >= 11 is 0. The van der Waals surface area contributed by atoms with Gasteiger partial charge in [0.15, 0.2) is 0 Å². The molecule has 0 unspecified atom stereocenters. The molecule has 2 aromatic heterocycles. The lowest BCUT2D eigenvalue weighted by Gasteiger charge is -2.32. The first-order chi connectivity index (χ1) is 17.6. The standard InChI is InChI=1S/C30H32N4O3/c1-19-14-31-15-20(2)27(19)24-12-25-23(13-26(24)36-6)28-22(18-34(25)29(35)37-30(3,4)5)17-33(32-28)16-21-10-8-7-9-11-21/h7-15,17H,16,18H2,1-6H3. The van der Waals surface area contributed by atoms with Crippen LogP contribution < -0.4 is 9.64 Å². The maximum absolute atomic E-state index is 13.5. The average Bonchev–Trinajstić information content (AvgIpc) is 3.25. The Balaban J connectivity index is 1.67. The fraction of sp³-hybridized carbons (Fsp3) is 0.300. The van der Waals surface area contributed by atoms with Gasteiger partial charge in [0.1, 0.15) is 11.4 Å². The van der Waals surface area contributed by atoms with Crippen LogP contribution in [0.25, 0.3) is 22.4 Å². The summed E-state index contributed by atoms with van der Waals surface area (Å²) < 4.78 is 13.6. The van der Waals surface area contributed by atoms with Crippen molar-refractivity contribution in [3.05, 3.63) is 83.3 Å². The maximum atomic E-state index is 13.5. The van der Waals surface area contributed by atoms with Crippen molar-refractivity contribution in [2.45, 2.75) is 53.3 Å². The Morgan fingerprint density at radius 1 is 1.03 bits per heavy atom. The van der Waals surface area contributed by atoms with Crippen LogP contribution in [-0.2, 0) is 17.8 Å². The second-order valence-electron chi connectivity index (χ2n) is 10.5. The number of benzene rings is 2. The van der Waals surface area contributed by atoms with Crippen LogP contribution in [-0.4, -0.2) is 33.6 Å². The Kier molecular flexibility index (Phi) is 6.23. The Bertz CT molecular complexity index is 1450. The molecule has 1 amide bonds. The quantitative estimate of drug-likeness (QED) is 0.321. The molecule has 0 spiro atoms. The monoisotopic (exact) mass is 496 g/mol. The lowest BCUT2D eigenvalue weighted by atomic mass is 9.92. The fourth-order valence-corrected chi connectivity index (χ4v) is 4.86. The Labute approximate surface area is 217 Å². The first-order valence-corrected chi connectivity index (χ1v) is 12.4. The van der Waals surface area contributed by atoms with Crippen LogP contribution in [0.1, 0.15) is 43.0 Å². The van der Waals surface area contributed by atoms with Gasteiger partial charge in [0.25, 0.3) is 0 Å². The number of nitrogens with zero attached hydrogens (tertiary/aromatic N) is 4. The molecule has 3 heterocycles. The number of anilines is 1. The smallest absolute Gasteiger partial charge is 0.415 e. The molecule has 2 aromatic carbocycles. The summed E-state index contributed by atoms with van der Waals surface area (Å²) in [6.07, 6.45) is 5.31. The molecule has 1 aliphatic heterocycles. The molecule has 7 nitrogen and oxygen atoms in total. The number of carbonyl (C=O) groups is 1. The summed E-state index contributed by atoms with van der Waals surface area (Å²) in [6.45, 7) is 10.7. The summed E-state index contributed by atoms with van der Waals surface area (Å²) in [6, 6.07) is 14.2. The van der Waals surface area contributed by atoms with Gasteiger partial charge in [0.05, 0.1) is 31.6 Å². The molecule has 190 valence electrons. The number of methoxy groups -OCH3 is 1. The molecule has 0 fully saturated rings. The van der Waals surface area contributed by atoms with Crippen LogP contribution in [0.5, 0.6) is 5.75 Å². The summed E-state index contributed by atoms with van der Waals surface area (Å²) in [5.41, 5.74) is 7.93. The molecule has 5 rings (SSSR count). The molecular weight excluding hydrogens is 464 g/mol. The van der Waals surface area contributed by atoms with Gasteiger partial charge in [-0.05, 0) is 69.0 Å². The van der Waals surface area contributed by atoms with Crippen molar-refractivity contribution in [2.24, 2.45) is 0 Å². The van der Waals surface area contributed by atoms with E-state index in [-0.39, 0.29) is 0 Å². The van der Waals surface area contributed by atoms with Crippen molar-refractivity contribution in [1.82, 2.24) is 14.8 Å². The molecule has 0 N–H and O–H groups in total. The minimum Gasteiger partial charge on any atom is -0.496 e. The molecule has 0 saturated carbocycles.